The second-order valence-corrected chi connectivity index (χ2v) is 13.4. The third-order valence-corrected chi connectivity index (χ3v) is 10.3. The molecule has 0 radical (unpaired) electrons. The zero-order valence-electron chi connectivity index (χ0n) is 25.1. The Hall–Kier alpha value is -4.94. The summed E-state index contributed by atoms with van der Waals surface area (Å²) in [4.78, 5) is 32.4. The summed E-state index contributed by atoms with van der Waals surface area (Å²) in [6.07, 6.45) is 5.06. The molecule has 6 rings (SSSR count). The number of hydrogen-bond acceptors (Lipinski definition) is 9. The van der Waals surface area contributed by atoms with Gasteiger partial charge in [0, 0.05) is 21.9 Å². The Bertz CT molecular complexity index is 2170. The van der Waals surface area contributed by atoms with Crippen molar-refractivity contribution in [3.05, 3.63) is 105 Å². The van der Waals surface area contributed by atoms with Crippen LogP contribution in [0, 0.1) is 0 Å². The van der Waals surface area contributed by atoms with Crippen LogP contribution < -0.4 is 15.0 Å². The van der Waals surface area contributed by atoms with Gasteiger partial charge in [-0.05, 0) is 74.6 Å². The van der Waals surface area contributed by atoms with Crippen molar-refractivity contribution in [1.29, 1.82) is 0 Å². The summed E-state index contributed by atoms with van der Waals surface area (Å²) >= 11 is 1.43. The van der Waals surface area contributed by atoms with Gasteiger partial charge in [0.25, 0.3) is 15.6 Å². The zero-order valence-corrected chi connectivity index (χ0v) is 26.8. The smallest absolute Gasteiger partial charge is 0.341 e. The molecule has 0 amide bonds. The maximum atomic E-state index is 13.8. The van der Waals surface area contributed by atoms with Crippen LogP contribution in [0.1, 0.15) is 46.1 Å². The third kappa shape index (κ3) is 5.77. The summed E-state index contributed by atoms with van der Waals surface area (Å²) < 4.78 is 41.0. The molecule has 46 heavy (non-hydrogen) atoms. The number of nitrogens with zero attached hydrogens (tertiary/aromatic N) is 2. The summed E-state index contributed by atoms with van der Waals surface area (Å²) in [7, 11) is -2.68. The predicted molar refractivity (Wildman–Crippen MR) is 179 cm³/mol. The number of aromatic nitrogens is 1. The first-order valence-corrected chi connectivity index (χ1v) is 17.0. The van der Waals surface area contributed by atoms with E-state index in [0.717, 1.165) is 40.7 Å². The number of esters is 1. The lowest BCUT2D eigenvalue weighted by Gasteiger charge is -2.15. The Morgan fingerprint density at radius 3 is 2.57 bits per heavy atom. The van der Waals surface area contributed by atoms with Crippen LogP contribution in [0.4, 0.5) is 10.7 Å². The molecule has 0 saturated carbocycles. The van der Waals surface area contributed by atoms with E-state index in [4.69, 9.17) is 9.47 Å². The minimum atomic E-state index is -4.12. The molecule has 2 N–H and O–H groups in total. The van der Waals surface area contributed by atoms with E-state index in [9.17, 15) is 23.1 Å². The van der Waals surface area contributed by atoms with Crippen LogP contribution in [-0.4, -0.2) is 44.0 Å². The fraction of sp³-hybridized carbons (Fsp3) is 0.206. The number of rotatable bonds is 9. The summed E-state index contributed by atoms with van der Waals surface area (Å²) in [5, 5.41) is 12.8. The molecule has 0 aliphatic heterocycles. The fourth-order valence-electron chi connectivity index (χ4n) is 5.63. The number of carbonyl (C=O) groups is 1. The number of ether oxygens (including phenoxy) is 2. The van der Waals surface area contributed by atoms with Gasteiger partial charge in [0.1, 0.15) is 10.8 Å². The number of pyridine rings is 1. The van der Waals surface area contributed by atoms with Crippen LogP contribution in [-0.2, 0) is 27.6 Å². The molecule has 12 heteroatoms. The van der Waals surface area contributed by atoms with E-state index in [-0.39, 0.29) is 28.4 Å². The number of thiophene rings is 1. The van der Waals surface area contributed by atoms with E-state index < -0.39 is 27.4 Å². The first-order chi connectivity index (χ1) is 22.2. The lowest BCUT2D eigenvalue weighted by molar-refractivity contribution is 0.0526. The highest BCUT2D eigenvalue weighted by Crippen LogP contribution is 2.40. The van der Waals surface area contributed by atoms with Crippen molar-refractivity contribution in [2.24, 2.45) is 4.99 Å². The van der Waals surface area contributed by atoms with Crippen LogP contribution in [0.3, 0.4) is 0 Å². The fourth-order valence-corrected chi connectivity index (χ4v) is 7.96. The number of benzene rings is 3. The van der Waals surface area contributed by atoms with Gasteiger partial charge in [-0.2, -0.15) is 0 Å². The molecule has 10 nitrogen and oxygen atoms in total. The van der Waals surface area contributed by atoms with Crippen molar-refractivity contribution in [1.82, 2.24) is 4.57 Å². The predicted octanol–water partition coefficient (Wildman–Crippen LogP) is 6.37. The summed E-state index contributed by atoms with van der Waals surface area (Å²) in [6, 6.07) is 19.1. The van der Waals surface area contributed by atoms with E-state index in [1.165, 1.54) is 48.9 Å². The van der Waals surface area contributed by atoms with E-state index >= 15 is 0 Å². The number of fused-ring (bicyclic) bond motifs is 2. The number of carbonyl (C=O) groups excluding carboxylic acids is 1. The van der Waals surface area contributed by atoms with E-state index in [1.807, 2.05) is 0 Å². The van der Waals surface area contributed by atoms with Crippen molar-refractivity contribution in [2.75, 3.05) is 18.4 Å². The van der Waals surface area contributed by atoms with Gasteiger partial charge in [0.15, 0.2) is 0 Å². The summed E-state index contributed by atoms with van der Waals surface area (Å²) in [6.45, 7) is 1.98. The second-order valence-electron chi connectivity index (χ2n) is 10.6. The summed E-state index contributed by atoms with van der Waals surface area (Å²) in [5.41, 5.74) is 1.46. The zero-order chi connectivity index (χ0) is 32.4. The monoisotopic (exact) mass is 657 g/mol. The molecule has 0 unspecified atom stereocenters. The molecule has 5 aromatic rings. The lowest BCUT2D eigenvalue weighted by atomic mass is 9.95. The number of aliphatic imine (C=N–C) groups is 1. The molecular weight excluding hydrogens is 627 g/mol. The highest BCUT2D eigenvalue weighted by molar-refractivity contribution is 7.92. The van der Waals surface area contributed by atoms with Crippen molar-refractivity contribution in [3.8, 4) is 17.3 Å². The minimum Gasteiger partial charge on any atom is -0.495 e. The van der Waals surface area contributed by atoms with Crippen LogP contribution in [0.2, 0.25) is 0 Å². The van der Waals surface area contributed by atoms with E-state index in [2.05, 4.69) is 9.71 Å². The van der Waals surface area contributed by atoms with Gasteiger partial charge in [-0.1, -0.05) is 36.4 Å². The maximum absolute atomic E-state index is 13.8. The van der Waals surface area contributed by atoms with Crippen LogP contribution >= 0.6 is 11.3 Å². The van der Waals surface area contributed by atoms with Crippen molar-refractivity contribution in [3.63, 3.8) is 0 Å². The van der Waals surface area contributed by atoms with Gasteiger partial charge in [0.05, 0.1) is 41.1 Å². The summed E-state index contributed by atoms with van der Waals surface area (Å²) in [5.74, 6) is -0.529. The quantitative estimate of drug-likeness (QED) is 0.139. The number of aromatic hydroxyl groups is 1. The number of nitrogens with one attached hydrogen (secondary N) is 1. The van der Waals surface area contributed by atoms with Crippen molar-refractivity contribution in [2.45, 2.75) is 37.5 Å². The third-order valence-electron chi connectivity index (χ3n) is 7.78. The first-order valence-electron chi connectivity index (χ1n) is 14.7. The van der Waals surface area contributed by atoms with Gasteiger partial charge in [0.2, 0.25) is 5.88 Å². The minimum absolute atomic E-state index is 0.129. The Morgan fingerprint density at radius 1 is 1.04 bits per heavy atom. The van der Waals surface area contributed by atoms with Gasteiger partial charge >= 0.3 is 5.97 Å². The Labute approximate surface area is 269 Å². The molecule has 0 atom stereocenters. The number of aryl methyl sites for hydroxylation is 1. The average Bonchev–Trinajstić information content (AvgIpc) is 3.43. The SMILES string of the molecule is CCOC(=O)c1c(N=Cc2c(O)n(-c3cccc(S(=O)(=O)Nc4ccccc4OC)c3)c(=O)c3ccccc23)sc2c1CCCC2. The van der Waals surface area contributed by atoms with Gasteiger partial charge in [-0.25, -0.2) is 22.8 Å². The number of hydrogen-bond donors (Lipinski definition) is 2. The first kappa shape index (κ1) is 31.1. The number of anilines is 1. The molecule has 0 bridgehead atoms. The highest BCUT2D eigenvalue weighted by atomic mass is 32.2. The standard InChI is InChI=1S/C34H31N3O7S2/c1-3-44-34(40)30-25-15-6-9-18-29(25)45-31(30)35-20-26-23-13-4-5-14-24(23)32(38)37(33(26)39)21-11-10-12-22(19-21)46(41,42)36-27-16-7-8-17-28(27)43-2/h4-5,7-8,10-14,16-17,19-20,36,39H,3,6,9,15,18H2,1-2H3. The van der Waals surface area contributed by atoms with Crippen molar-refractivity contribution >= 4 is 55.0 Å². The lowest BCUT2D eigenvalue weighted by Crippen LogP contribution is -2.21. The molecule has 1 aliphatic rings. The molecule has 0 spiro atoms. The normalized spacial score (nSPS) is 13.1. The van der Waals surface area contributed by atoms with E-state index in [0.29, 0.717) is 27.1 Å². The molecule has 3 aromatic carbocycles. The van der Waals surface area contributed by atoms with Gasteiger partial charge in [-0.3, -0.25) is 9.52 Å². The van der Waals surface area contributed by atoms with Gasteiger partial charge < -0.3 is 14.6 Å². The maximum Gasteiger partial charge on any atom is 0.341 e. The molecule has 0 saturated heterocycles. The molecule has 2 heterocycles. The average molecular weight is 658 g/mol. The molecule has 236 valence electrons. The molecule has 0 fully saturated rings. The molecule has 1 aliphatic carbocycles. The van der Waals surface area contributed by atoms with Crippen LogP contribution in [0.5, 0.6) is 11.6 Å². The molecule has 2 aromatic heterocycles. The topological polar surface area (TPSA) is 136 Å². The van der Waals surface area contributed by atoms with E-state index in [1.54, 1.807) is 55.5 Å². The molecular formula is C34H31N3O7S2. The number of sulfonamides is 1. The number of methoxy groups -OCH3 is 1. The Morgan fingerprint density at radius 2 is 1.78 bits per heavy atom. The number of para-hydroxylation sites is 2. The van der Waals surface area contributed by atoms with Gasteiger partial charge in [-0.15, -0.1) is 11.3 Å². The Kier molecular flexibility index (Phi) is 8.65. The van der Waals surface area contributed by atoms with Crippen molar-refractivity contribution < 1.29 is 27.8 Å². The van der Waals surface area contributed by atoms with Crippen LogP contribution in [0.25, 0.3) is 16.5 Å². The highest BCUT2D eigenvalue weighted by Gasteiger charge is 2.27. The second kappa shape index (κ2) is 12.8. The van der Waals surface area contributed by atoms with Crippen LogP contribution in [0.15, 0.2) is 87.5 Å². The Balaban J connectivity index is 1.47. The largest absolute Gasteiger partial charge is 0.495 e.